The van der Waals surface area contributed by atoms with Crippen molar-refractivity contribution in [3.05, 3.63) is 41.3 Å². The lowest BCUT2D eigenvalue weighted by Crippen LogP contribution is -2.33. The van der Waals surface area contributed by atoms with Gasteiger partial charge in [0.25, 0.3) is 0 Å². The number of aromatic amines is 1. The minimum absolute atomic E-state index is 0.192. The van der Waals surface area contributed by atoms with E-state index in [4.69, 9.17) is 4.98 Å². The fraction of sp³-hybridized carbons (Fsp3) is 0.500. The van der Waals surface area contributed by atoms with Gasteiger partial charge in [0.05, 0.1) is 22.5 Å². The number of anilines is 1. The highest BCUT2D eigenvalue weighted by molar-refractivity contribution is 7.90. The summed E-state index contributed by atoms with van der Waals surface area (Å²) < 4.78 is 25.1. The molecule has 36 heavy (non-hydrogen) atoms. The van der Waals surface area contributed by atoms with Crippen LogP contribution in [0.2, 0.25) is 0 Å². The Hall–Kier alpha value is -2.98. The topological polar surface area (TPSA) is 108 Å². The third-order valence-corrected chi connectivity index (χ3v) is 8.38. The third-order valence-electron chi connectivity index (χ3n) is 7.46. The Bertz CT molecular complexity index is 1540. The van der Waals surface area contributed by atoms with Crippen molar-refractivity contribution in [1.29, 1.82) is 0 Å². The molecule has 0 bridgehead atoms. The van der Waals surface area contributed by atoms with Gasteiger partial charge in [-0.1, -0.05) is 13.8 Å². The summed E-state index contributed by atoms with van der Waals surface area (Å²) in [5, 5.41) is 7.98. The number of nitrogens with one attached hydrogen (secondary N) is 2. The van der Waals surface area contributed by atoms with Gasteiger partial charge in [0.15, 0.2) is 5.65 Å². The average molecular weight is 510 g/mol. The molecule has 0 radical (unpaired) electrons. The van der Waals surface area contributed by atoms with Gasteiger partial charge in [-0.25, -0.2) is 22.9 Å². The van der Waals surface area contributed by atoms with E-state index in [0.29, 0.717) is 12.6 Å². The first-order chi connectivity index (χ1) is 17.0. The Balaban J connectivity index is 1.46. The molecule has 1 aliphatic heterocycles. The van der Waals surface area contributed by atoms with Crippen molar-refractivity contribution in [2.45, 2.75) is 59.0 Å². The maximum atomic E-state index is 11.6. The van der Waals surface area contributed by atoms with Crippen LogP contribution in [-0.2, 0) is 9.84 Å². The van der Waals surface area contributed by atoms with Gasteiger partial charge in [0.2, 0.25) is 0 Å². The van der Waals surface area contributed by atoms with E-state index in [9.17, 15) is 8.42 Å². The first-order valence-corrected chi connectivity index (χ1v) is 14.6. The zero-order valence-corrected chi connectivity index (χ0v) is 22.6. The molecule has 0 saturated carbocycles. The highest BCUT2D eigenvalue weighted by atomic mass is 32.2. The summed E-state index contributed by atoms with van der Waals surface area (Å²) in [5.41, 5.74) is 8.51. The van der Waals surface area contributed by atoms with Gasteiger partial charge < -0.3 is 10.3 Å². The molecule has 0 unspecified atom stereocenters. The van der Waals surface area contributed by atoms with Crippen molar-refractivity contribution in [3.63, 3.8) is 0 Å². The molecule has 2 atom stereocenters. The molecule has 0 spiro atoms. The molecule has 2 N–H and O–H groups in total. The standard InChI is InChI=1S/C26H35N7O2S/c1-15(2)23-24(20-13-33-26(27-14-28-33)18(5)17(20)4)30-21-7-8-22(31-25(21)23)29-19-11-16(3)32(12-19)9-10-36(6,34)35/h7-8,13-16,19,30H,9-12H2,1-6H3,(H,29,31)/t16-,19+/m1/s1. The van der Waals surface area contributed by atoms with E-state index >= 15 is 0 Å². The van der Waals surface area contributed by atoms with E-state index in [1.165, 1.54) is 17.4 Å². The van der Waals surface area contributed by atoms with Crippen molar-refractivity contribution in [3.8, 4) is 11.3 Å². The van der Waals surface area contributed by atoms with Crippen molar-refractivity contribution in [2.24, 2.45) is 0 Å². The van der Waals surface area contributed by atoms with Crippen LogP contribution in [0.1, 0.15) is 49.8 Å². The van der Waals surface area contributed by atoms with Crippen LogP contribution in [0, 0.1) is 13.8 Å². The number of sulfone groups is 1. The number of pyridine rings is 2. The Morgan fingerprint density at radius 3 is 2.72 bits per heavy atom. The number of hydrogen-bond acceptors (Lipinski definition) is 7. The highest BCUT2D eigenvalue weighted by Gasteiger charge is 2.30. The van der Waals surface area contributed by atoms with E-state index in [1.54, 1.807) is 6.33 Å². The molecule has 1 saturated heterocycles. The van der Waals surface area contributed by atoms with Gasteiger partial charge in [-0.3, -0.25) is 4.90 Å². The molecule has 0 aliphatic carbocycles. The van der Waals surface area contributed by atoms with Crippen LogP contribution in [0.3, 0.4) is 0 Å². The van der Waals surface area contributed by atoms with Gasteiger partial charge in [-0.2, -0.15) is 5.10 Å². The predicted octanol–water partition coefficient (Wildman–Crippen LogP) is 3.93. The zero-order valence-electron chi connectivity index (χ0n) is 21.8. The number of nitrogens with zero attached hydrogens (tertiary/aromatic N) is 5. The van der Waals surface area contributed by atoms with Crippen molar-refractivity contribution in [2.75, 3.05) is 30.4 Å². The minimum Gasteiger partial charge on any atom is -0.366 e. The van der Waals surface area contributed by atoms with Crippen LogP contribution in [0.15, 0.2) is 24.7 Å². The second-order valence-corrected chi connectivity index (χ2v) is 12.8. The Morgan fingerprint density at radius 1 is 1.22 bits per heavy atom. The second-order valence-electron chi connectivity index (χ2n) is 10.5. The molecular formula is C26H35N7O2S. The summed E-state index contributed by atoms with van der Waals surface area (Å²) in [7, 11) is -2.97. The predicted molar refractivity (Wildman–Crippen MR) is 144 cm³/mol. The maximum Gasteiger partial charge on any atom is 0.158 e. The summed E-state index contributed by atoms with van der Waals surface area (Å²) in [5.74, 6) is 1.30. The molecule has 1 aliphatic rings. The van der Waals surface area contributed by atoms with Gasteiger partial charge >= 0.3 is 0 Å². The molecule has 0 aromatic carbocycles. The first-order valence-electron chi connectivity index (χ1n) is 12.5. The molecule has 5 rings (SSSR count). The summed E-state index contributed by atoms with van der Waals surface area (Å²) in [6.45, 7) is 12.1. The quantitative estimate of drug-likeness (QED) is 0.389. The summed E-state index contributed by atoms with van der Waals surface area (Å²) in [4.78, 5) is 15.3. The number of hydrogen-bond donors (Lipinski definition) is 2. The Morgan fingerprint density at radius 2 is 2.00 bits per heavy atom. The molecule has 5 heterocycles. The molecule has 4 aromatic rings. The summed E-state index contributed by atoms with van der Waals surface area (Å²) in [6.07, 6.45) is 5.89. The zero-order chi connectivity index (χ0) is 25.8. The molecule has 0 amide bonds. The molecule has 1 fully saturated rings. The van der Waals surface area contributed by atoms with Crippen molar-refractivity contribution < 1.29 is 8.42 Å². The van der Waals surface area contributed by atoms with E-state index in [1.807, 2.05) is 16.8 Å². The van der Waals surface area contributed by atoms with E-state index in [2.05, 4.69) is 66.0 Å². The largest absolute Gasteiger partial charge is 0.366 e. The monoisotopic (exact) mass is 509 g/mol. The molecule has 4 aromatic heterocycles. The van der Waals surface area contributed by atoms with Crippen LogP contribution in [0.25, 0.3) is 27.9 Å². The smallest absolute Gasteiger partial charge is 0.158 e. The highest BCUT2D eigenvalue weighted by Crippen LogP contribution is 2.37. The SMILES string of the molecule is Cc1c(-c2[nH]c3ccc(N[C@H]4C[C@@H](C)N(CCS(C)(=O)=O)C4)nc3c2C(C)C)cn2ncnc2c1C. The summed E-state index contributed by atoms with van der Waals surface area (Å²) in [6, 6.07) is 4.67. The van der Waals surface area contributed by atoms with Crippen LogP contribution in [0.5, 0.6) is 0 Å². The minimum atomic E-state index is -2.97. The van der Waals surface area contributed by atoms with Gasteiger partial charge in [0, 0.05) is 48.8 Å². The number of H-pyrrole nitrogens is 1. The second kappa shape index (κ2) is 9.15. The maximum absolute atomic E-state index is 11.6. The lowest BCUT2D eigenvalue weighted by molar-refractivity contribution is 0.284. The van der Waals surface area contributed by atoms with Crippen molar-refractivity contribution >= 4 is 32.3 Å². The number of aryl methyl sites for hydroxylation is 1. The Labute approximate surface area is 212 Å². The molecule has 10 heteroatoms. The van der Waals surface area contributed by atoms with E-state index in [0.717, 1.165) is 52.3 Å². The fourth-order valence-electron chi connectivity index (χ4n) is 5.40. The van der Waals surface area contributed by atoms with Crippen LogP contribution < -0.4 is 5.32 Å². The van der Waals surface area contributed by atoms with E-state index < -0.39 is 9.84 Å². The van der Waals surface area contributed by atoms with Gasteiger partial charge in [0.1, 0.15) is 22.0 Å². The summed E-state index contributed by atoms with van der Waals surface area (Å²) >= 11 is 0. The first kappa shape index (κ1) is 24.7. The van der Waals surface area contributed by atoms with Crippen LogP contribution in [0.4, 0.5) is 5.82 Å². The lowest BCUT2D eigenvalue weighted by atomic mass is 9.95. The fourth-order valence-corrected chi connectivity index (χ4v) is 5.97. The van der Waals surface area contributed by atoms with E-state index in [-0.39, 0.29) is 17.7 Å². The number of aromatic nitrogens is 5. The van der Waals surface area contributed by atoms with Crippen LogP contribution in [-0.4, -0.2) is 75.1 Å². The normalized spacial score (nSPS) is 19.2. The average Bonchev–Trinajstić information content (AvgIpc) is 3.50. The molecule has 9 nitrogen and oxygen atoms in total. The van der Waals surface area contributed by atoms with Gasteiger partial charge in [-0.05, 0) is 56.4 Å². The molecule has 192 valence electrons. The number of fused-ring (bicyclic) bond motifs is 2. The lowest BCUT2D eigenvalue weighted by Gasteiger charge is -2.20. The number of rotatable bonds is 7. The molecular weight excluding hydrogens is 474 g/mol. The Kier molecular flexibility index (Phi) is 6.28. The van der Waals surface area contributed by atoms with Crippen molar-refractivity contribution in [1.82, 2.24) is 29.5 Å². The van der Waals surface area contributed by atoms with Gasteiger partial charge in [-0.15, -0.1) is 0 Å². The number of likely N-dealkylation sites (tertiary alicyclic amines) is 1. The third kappa shape index (κ3) is 4.59. The van der Waals surface area contributed by atoms with Crippen LogP contribution >= 0.6 is 0 Å².